The Morgan fingerprint density at radius 3 is 2.48 bits per heavy atom. The predicted molar refractivity (Wildman–Crippen MR) is 118 cm³/mol. The topological polar surface area (TPSA) is 106 Å². The highest BCUT2D eigenvalue weighted by Gasteiger charge is 2.07. The van der Waals surface area contributed by atoms with Crippen LogP contribution in [0.2, 0.25) is 0 Å². The summed E-state index contributed by atoms with van der Waals surface area (Å²) in [4.78, 5) is 16.0. The highest BCUT2D eigenvalue weighted by molar-refractivity contribution is 7.71. The first-order chi connectivity index (χ1) is 13.6. The maximum Gasteiger partial charge on any atom is 0.232 e. The summed E-state index contributed by atoms with van der Waals surface area (Å²) in [5.74, 6) is 0.338. The van der Waals surface area contributed by atoms with Gasteiger partial charge in [-0.1, -0.05) is 42.5 Å². The molecule has 0 spiro atoms. The normalized spacial score (nSPS) is 11.5. The second-order valence-corrected chi connectivity index (χ2v) is 6.80. The molecule has 3 rings (SSSR count). The van der Waals surface area contributed by atoms with E-state index in [0.29, 0.717) is 17.1 Å². The molecule has 5 N–H and O–H groups in total. The van der Waals surface area contributed by atoms with Crippen molar-refractivity contribution in [1.82, 2.24) is 20.5 Å². The molecule has 0 unspecified atom stereocenters. The van der Waals surface area contributed by atoms with Gasteiger partial charge in [0.05, 0.1) is 12.5 Å². The first kappa shape index (κ1) is 22.8. The zero-order valence-electron chi connectivity index (χ0n) is 15.7. The van der Waals surface area contributed by atoms with Crippen LogP contribution in [-0.2, 0) is 17.6 Å². The number of hydrogen-bond donors (Lipinski definition) is 5. The van der Waals surface area contributed by atoms with Gasteiger partial charge in [0.2, 0.25) is 10.7 Å². The molecule has 2 aromatic carbocycles. The van der Waals surface area contributed by atoms with Crippen molar-refractivity contribution in [2.45, 2.75) is 18.9 Å². The third-order valence-electron chi connectivity index (χ3n) is 4.23. The van der Waals surface area contributed by atoms with Gasteiger partial charge < -0.3 is 15.7 Å². The number of aromatic nitrogens is 3. The summed E-state index contributed by atoms with van der Waals surface area (Å²) in [6.45, 7) is 1.27. The van der Waals surface area contributed by atoms with Crippen molar-refractivity contribution >= 4 is 36.2 Å². The van der Waals surface area contributed by atoms with Crippen molar-refractivity contribution in [1.29, 1.82) is 0 Å². The zero-order valence-corrected chi connectivity index (χ0v) is 17.4. The predicted octanol–water partition coefficient (Wildman–Crippen LogP) is 2.94. The Balaban J connectivity index is 0.00000300. The quantitative estimate of drug-likeness (QED) is 0.263. The largest absolute Gasteiger partial charge is 0.387 e. The number of H-pyrrole nitrogens is 2. The molecule has 0 fully saturated rings. The number of nitrogens with zero attached hydrogens (tertiary/aromatic N) is 1. The molecule has 7 nitrogen and oxygen atoms in total. The lowest BCUT2D eigenvalue weighted by Gasteiger charge is -2.12. The average Bonchev–Trinajstić information content (AvgIpc) is 3.11. The molecule has 0 aliphatic heterocycles. The second-order valence-electron chi connectivity index (χ2n) is 6.42. The SMILES string of the molecule is Cl.O=C(Cc1nc(=S)[nH][nH]1)Nc1ccc(CCNC[C@H](O)c2ccccc2)cc1. The number of hydrogen-bond acceptors (Lipinski definition) is 5. The van der Waals surface area contributed by atoms with E-state index < -0.39 is 6.10 Å². The van der Waals surface area contributed by atoms with Gasteiger partial charge in [-0.15, -0.1) is 12.4 Å². The highest BCUT2D eigenvalue weighted by atomic mass is 35.5. The van der Waals surface area contributed by atoms with Gasteiger partial charge in [0.1, 0.15) is 5.82 Å². The van der Waals surface area contributed by atoms with Gasteiger partial charge in [-0.05, 0) is 48.4 Å². The van der Waals surface area contributed by atoms with Crippen molar-refractivity contribution in [2.24, 2.45) is 0 Å². The first-order valence-corrected chi connectivity index (χ1v) is 9.47. The van der Waals surface area contributed by atoms with Crippen molar-refractivity contribution < 1.29 is 9.90 Å². The second kappa shape index (κ2) is 11.5. The maximum atomic E-state index is 12.0. The molecule has 1 atom stereocenters. The van der Waals surface area contributed by atoms with Crippen LogP contribution in [-0.4, -0.2) is 39.3 Å². The van der Waals surface area contributed by atoms with Crippen LogP contribution in [0, 0.1) is 4.77 Å². The molecular weight excluding hydrogens is 410 g/mol. The number of halogens is 1. The average molecular weight is 434 g/mol. The van der Waals surface area contributed by atoms with Crippen molar-refractivity contribution in [3.05, 3.63) is 76.3 Å². The van der Waals surface area contributed by atoms with E-state index >= 15 is 0 Å². The van der Waals surface area contributed by atoms with E-state index in [0.717, 1.165) is 29.8 Å². The van der Waals surface area contributed by atoms with E-state index in [1.807, 2.05) is 54.6 Å². The molecule has 154 valence electrons. The number of benzene rings is 2. The molecule has 0 saturated carbocycles. The Labute approximate surface area is 180 Å². The third-order valence-corrected chi connectivity index (χ3v) is 4.42. The molecule has 9 heteroatoms. The van der Waals surface area contributed by atoms with Gasteiger partial charge in [-0.2, -0.15) is 0 Å². The Morgan fingerprint density at radius 1 is 1.10 bits per heavy atom. The van der Waals surface area contributed by atoms with E-state index in [-0.39, 0.29) is 24.7 Å². The van der Waals surface area contributed by atoms with Gasteiger partial charge in [-0.25, -0.2) is 4.98 Å². The number of rotatable bonds is 9. The Bertz CT molecular complexity index is 943. The molecule has 3 aromatic rings. The summed E-state index contributed by atoms with van der Waals surface area (Å²) < 4.78 is 0.331. The van der Waals surface area contributed by atoms with Crippen LogP contribution in [0.4, 0.5) is 5.69 Å². The Morgan fingerprint density at radius 2 is 1.83 bits per heavy atom. The fourth-order valence-corrected chi connectivity index (χ4v) is 2.93. The molecule has 1 heterocycles. The molecule has 0 saturated heterocycles. The van der Waals surface area contributed by atoms with Crippen LogP contribution < -0.4 is 10.6 Å². The van der Waals surface area contributed by atoms with E-state index in [1.54, 1.807) is 0 Å². The maximum absolute atomic E-state index is 12.0. The van der Waals surface area contributed by atoms with Crippen molar-refractivity contribution in [3.8, 4) is 0 Å². The lowest BCUT2D eigenvalue weighted by molar-refractivity contribution is -0.115. The first-order valence-electron chi connectivity index (χ1n) is 9.06. The molecular formula is C20H24ClN5O2S. The van der Waals surface area contributed by atoms with Crippen LogP contribution in [0.5, 0.6) is 0 Å². The van der Waals surface area contributed by atoms with Crippen LogP contribution in [0.25, 0.3) is 0 Å². The third kappa shape index (κ3) is 7.43. The summed E-state index contributed by atoms with van der Waals surface area (Å²) in [6, 6.07) is 17.3. The fourth-order valence-electron chi connectivity index (χ4n) is 2.76. The fraction of sp³-hybridized carbons (Fsp3) is 0.250. The number of nitrogens with one attached hydrogen (secondary N) is 4. The monoisotopic (exact) mass is 433 g/mol. The van der Waals surface area contributed by atoms with Gasteiger partial charge >= 0.3 is 0 Å². The van der Waals surface area contributed by atoms with Crippen LogP contribution in [0.1, 0.15) is 23.1 Å². The van der Waals surface area contributed by atoms with E-state index in [1.165, 1.54) is 0 Å². The van der Waals surface area contributed by atoms with Gasteiger partial charge in [-0.3, -0.25) is 15.0 Å². The molecule has 0 aliphatic rings. The van der Waals surface area contributed by atoms with Crippen molar-refractivity contribution in [2.75, 3.05) is 18.4 Å². The van der Waals surface area contributed by atoms with E-state index in [9.17, 15) is 9.90 Å². The van der Waals surface area contributed by atoms with E-state index in [2.05, 4.69) is 25.8 Å². The number of aromatic amines is 2. The van der Waals surface area contributed by atoms with Crippen LogP contribution >= 0.6 is 24.6 Å². The minimum atomic E-state index is -0.512. The summed E-state index contributed by atoms with van der Waals surface area (Å²) in [5, 5.41) is 21.6. The number of carbonyl (C=O) groups is 1. The van der Waals surface area contributed by atoms with Gasteiger partial charge in [0.25, 0.3) is 0 Å². The summed E-state index contributed by atoms with van der Waals surface area (Å²) in [5.41, 5.74) is 2.79. The molecule has 0 bridgehead atoms. The standard InChI is InChI=1S/C20H23N5O2S.ClH/c26-17(15-4-2-1-3-5-15)13-21-11-10-14-6-8-16(9-7-14)22-19(27)12-18-23-20(28)25-24-18;/h1-9,17,21,26H,10-13H2,(H,22,27)(H2,23,24,25,28);1H/t17-;/m0./s1. The highest BCUT2D eigenvalue weighted by Crippen LogP contribution is 2.12. The summed E-state index contributed by atoms with van der Waals surface area (Å²) >= 11 is 4.86. The Kier molecular flexibility index (Phi) is 9.01. The molecule has 0 aliphatic carbocycles. The molecule has 0 radical (unpaired) electrons. The summed E-state index contributed by atoms with van der Waals surface area (Å²) in [6.07, 6.45) is 0.449. The molecule has 29 heavy (non-hydrogen) atoms. The molecule has 1 aromatic heterocycles. The van der Waals surface area contributed by atoms with Crippen LogP contribution in [0.15, 0.2) is 54.6 Å². The van der Waals surface area contributed by atoms with Crippen LogP contribution in [0.3, 0.4) is 0 Å². The van der Waals surface area contributed by atoms with E-state index in [4.69, 9.17) is 12.2 Å². The number of aliphatic hydroxyl groups is 1. The lowest BCUT2D eigenvalue weighted by Crippen LogP contribution is -2.23. The van der Waals surface area contributed by atoms with Crippen molar-refractivity contribution in [3.63, 3.8) is 0 Å². The van der Waals surface area contributed by atoms with Gasteiger partial charge in [0, 0.05) is 12.2 Å². The number of anilines is 1. The lowest BCUT2D eigenvalue weighted by atomic mass is 10.1. The molecule has 1 amide bonds. The number of amides is 1. The minimum Gasteiger partial charge on any atom is -0.387 e. The smallest absolute Gasteiger partial charge is 0.232 e. The Hall–Kier alpha value is -2.52. The van der Waals surface area contributed by atoms with Gasteiger partial charge in [0.15, 0.2) is 0 Å². The number of aliphatic hydroxyl groups excluding tert-OH is 1. The minimum absolute atomic E-state index is 0. The number of carbonyl (C=O) groups excluding carboxylic acids is 1. The summed E-state index contributed by atoms with van der Waals surface area (Å²) in [7, 11) is 0. The zero-order chi connectivity index (χ0) is 19.8.